The maximum Gasteiger partial charge on any atom is 0.298 e. The number of nitrogens with two attached hydrogens (primary N) is 1. The number of amides is 1. The Morgan fingerprint density at radius 3 is 2.71 bits per heavy atom. The normalized spacial score (nSPS) is 21.8. The molecule has 3 heterocycles. The number of rotatable bonds is 3. The van der Waals surface area contributed by atoms with E-state index in [9.17, 15) is 13.2 Å². The summed E-state index contributed by atoms with van der Waals surface area (Å²) in [6, 6.07) is 6.83. The second kappa shape index (κ2) is 5.45. The third-order valence-electron chi connectivity index (χ3n) is 4.62. The zero-order chi connectivity index (χ0) is 16.9. The van der Waals surface area contributed by atoms with Gasteiger partial charge in [0, 0.05) is 32.2 Å². The Morgan fingerprint density at radius 2 is 2.04 bits per heavy atom. The fourth-order valence-electron chi connectivity index (χ4n) is 3.14. The number of primary amides is 1. The van der Waals surface area contributed by atoms with Gasteiger partial charge in [0.25, 0.3) is 11.9 Å². The summed E-state index contributed by atoms with van der Waals surface area (Å²) in [6.07, 6.45) is 0. The zero-order valence-corrected chi connectivity index (χ0v) is 13.8. The van der Waals surface area contributed by atoms with Crippen LogP contribution in [0.5, 0.6) is 0 Å². The maximum absolute atomic E-state index is 11.5. The van der Waals surface area contributed by atoms with Crippen molar-refractivity contribution < 1.29 is 17.6 Å². The van der Waals surface area contributed by atoms with E-state index in [1.807, 2.05) is 4.90 Å². The van der Waals surface area contributed by atoms with E-state index in [2.05, 4.69) is 16.0 Å². The highest BCUT2D eigenvalue weighted by Gasteiger charge is 2.37. The first-order valence-electron chi connectivity index (χ1n) is 7.73. The van der Waals surface area contributed by atoms with Crippen LogP contribution in [0.2, 0.25) is 0 Å². The molecule has 1 radical (unpaired) electrons. The van der Waals surface area contributed by atoms with E-state index in [0.29, 0.717) is 36.2 Å². The Balaban J connectivity index is 1.47. The summed E-state index contributed by atoms with van der Waals surface area (Å²) in [7, 11) is -2.86. The van der Waals surface area contributed by atoms with Gasteiger partial charge in [0.1, 0.15) is 5.52 Å². The zero-order valence-electron chi connectivity index (χ0n) is 12.9. The van der Waals surface area contributed by atoms with Crippen LogP contribution in [0.25, 0.3) is 11.1 Å². The number of carbonyl (C=O) groups excluding carboxylic acids is 1. The molecule has 0 saturated carbocycles. The van der Waals surface area contributed by atoms with Crippen molar-refractivity contribution in [3.05, 3.63) is 23.8 Å². The van der Waals surface area contributed by atoms with Crippen LogP contribution < -0.4 is 10.6 Å². The van der Waals surface area contributed by atoms with Crippen molar-refractivity contribution in [1.29, 1.82) is 0 Å². The quantitative estimate of drug-likeness (QED) is 0.806. The second-order valence-corrected chi connectivity index (χ2v) is 8.48. The van der Waals surface area contributed by atoms with Crippen molar-refractivity contribution in [2.45, 2.75) is 6.04 Å². The Morgan fingerprint density at radius 1 is 1.33 bits per heavy atom. The lowest BCUT2D eigenvalue weighted by molar-refractivity contribution is 0.100. The molecular formula is C15H17N4O4S. The molecule has 1 aromatic heterocycles. The lowest BCUT2D eigenvalue weighted by Gasteiger charge is -2.45. The van der Waals surface area contributed by atoms with E-state index in [-0.39, 0.29) is 17.1 Å². The fourth-order valence-corrected chi connectivity index (χ4v) is 4.37. The summed E-state index contributed by atoms with van der Waals surface area (Å²) in [5.74, 6) is -0.134. The number of carbonyl (C=O) groups is 1. The van der Waals surface area contributed by atoms with Crippen LogP contribution in [0.3, 0.4) is 0 Å². The highest BCUT2D eigenvalue weighted by atomic mass is 32.2. The summed E-state index contributed by atoms with van der Waals surface area (Å²) in [4.78, 5) is 20.0. The first-order chi connectivity index (χ1) is 11.4. The fraction of sp³-hybridized carbons (Fsp3) is 0.467. The molecule has 2 saturated heterocycles. The van der Waals surface area contributed by atoms with Crippen molar-refractivity contribution in [2.75, 3.05) is 42.6 Å². The molecule has 0 atom stereocenters. The van der Waals surface area contributed by atoms with Gasteiger partial charge in [0.05, 0.1) is 17.1 Å². The number of fused-ring (bicyclic) bond motifs is 1. The molecule has 0 unspecified atom stereocenters. The van der Waals surface area contributed by atoms with Gasteiger partial charge in [0.2, 0.25) is 0 Å². The minimum absolute atomic E-state index is 0.223. The van der Waals surface area contributed by atoms with E-state index >= 15 is 0 Å². The molecule has 1 amide bonds. The molecule has 2 aliphatic rings. The Hall–Kier alpha value is -2.13. The molecule has 2 N–H and O–H groups in total. The van der Waals surface area contributed by atoms with Crippen molar-refractivity contribution in [2.24, 2.45) is 5.73 Å². The molecule has 0 bridgehead atoms. The van der Waals surface area contributed by atoms with Crippen molar-refractivity contribution in [1.82, 2.24) is 9.88 Å². The molecule has 0 aliphatic carbocycles. The van der Waals surface area contributed by atoms with Crippen LogP contribution in [0, 0.1) is 6.07 Å². The minimum atomic E-state index is -2.86. The monoisotopic (exact) mass is 349 g/mol. The molecule has 2 aromatic rings. The molecule has 0 spiro atoms. The van der Waals surface area contributed by atoms with Gasteiger partial charge in [-0.05, 0) is 18.2 Å². The number of aromatic nitrogens is 1. The average molecular weight is 349 g/mol. The predicted molar refractivity (Wildman–Crippen MR) is 87.6 cm³/mol. The molecule has 9 heteroatoms. The Labute approximate surface area is 139 Å². The van der Waals surface area contributed by atoms with Crippen LogP contribution in [-0.4, -0.2) is 67.9 Å². The number of nitrogens with zero attached hydrogens (tertiary/aromatic N) is 3. The average Bonchev–Trinajstić information content (AvgIpc) is 2.90. The number of benzene rings is 1. The maximum atomic E-state index is 11.5. The van der Waals surface area contributed by atoms with Crippen molar-refractivity contribution >= 4 is 32.9 Å². The summed E-state index contributed by atoms with van der Waals surface area (Å²) in [6.45, 7) is 2.61. The van der Waals surface area contributed by atoms with Crippen LogP contribution >= 0.6 is 0 Å². The molecule has 1 aromatic carbocycles. The molecule has 2 fully saturated rings. The SMILES string of the molecule is NC(=O)c1[c]ccc2oc(N3CC(N4CCS(=O)(=O)CC4)C3)nc12. The predicted octanol–water partition coefficient (Wildman–Crippen LogP) is -0.354. The van der Waals surface area contributed by atoms with Crippen molar-refractivity contribution in [3.8, 4) is 0 Å². The third kappa shape index (κ3) is 2.63. The smallest absolute Gasteiger partial charge is 0.298 e. The third-order valence-corrected chi connectivity index (χ3v) is 6.23. The van der Waals surface area contributed by atoms with Gasteiger partial charge in [-0.2, -0.15) is 4.98 Å². The van der Waals surface area contributed by atoms with Crippen LogP contribution in [0.15, 0.2) is 16.5 Å². The van der Waals surface area contributed by atoms with Crippen LogP contribution in [0.1, 0.15) is 10.4 Å². The van der Waals surface area contributed by atoms with Crippen LogP contribution in [-0.2, 0) is 9.84 Å². The molecular weight excluding hydrogens is 332 g/mol. The highest BCUT2D eigenvalue weighted by Crippen LogP contribution is 2.28. The molecule has 2 aliphatic heterocycles. The topological polar surface area (TPSA) is 110 Å². The second-order valence-electron chi connectivity index (χ2n) is 6.17. The van der Waals surface area contributed by atoms with E-state index in [0.717, 1.165) is 13.1 Å². The number of hydrogen-bond donors (Lipinski definition) is 1. The lowest BCUT2D eigenvalue weighted by Crippen LogP contribution is -2.62. The van der Waals surface area contributed by atoms with Gasteiger partial charge in [-0.1, -0.05) is 0 Å². The number of sulfone groups is 1. The number of hydrogen-bond acceptors (Lipinski definition) is 7. The number of oxazole rings is 1. The van der Waals surface area contributed by atoms with Gasteiger partial charge in [-0.15, -0.1) is 0 Å². The standard InChI is InChI=1S/C15H17N4O4S/c16-14(20)11-2-1-3-12-13(11)17-15(23-12)19-8-10(9-19)18-4-6-24(21,22)7-5-18/h1,3,10H,4-9H2,(H2,16,20). The minimum Gasteiger partial charge on any atom is -0.423 e. The highest BCUT2D eigenvalue weighted by molar-refractivity contribution is 7.91. The Bertz CT molecular complexity index is 887. The van der Waals surface area contributed by atoms with E-state index < -0.39 is 15.7 Å². The Kier molecular flexibility index (Phi) is 3.50. The molecule has 8 nitrogen and oxygen atoms in total. The largest absolute Gasteiger partial charge is 0.423 e. The number of anilines is 1. The van der Waals surface area contributed by atoms with Gasteiger partial charge in [-0.3, -0.25) is 9.69 Å². The summed E-state index contributed by atoms with van der Waals surface area (Å²) in [5.41, 5.74) is 6.48. The van der Waals surface area contributed by atoms with Crippen LogP contribution in [0.4, 0.5) is 6.01 Å². The van der Waals surface area contributed by atoms with Gasteiger partial charge < -0.3 is 15.1 Å². The van der Waals surface area contributed by atoms with E-state index in [1.165, 1.54) is 0 Å². The summed E-state index contributed by atoms with van der Waals surface area (Å²) >= 11 is 0. The molecule has 24 heavy (non-hydrogen) atoms. The molecule has 4 rings (SSSR count). The van der Waals surface area contributed by atoms with Gasteiger partial charge in [-0.25, -0.2) is 8.42 Å². The lowest BCUT2D eigenvalue weighted by atomic mass is 10.1. The van der Waals surface area contributed by atoms with Gasteiger partial charge in [0.15, 0.2) is 15.4 Å². The summed E-state index contributed by atoms with van der Waals surface area (Å²) in [5, 5.41) is 0. The first-order valence-corrected chi connectivity index (χ1v) is 9.55. The summed E-state index contributed by atoms with van der Waals surface area (Å²) < 4.78 is 28.7. The van der Waals surface area contributed by atoms with Gasteiger partial charge >= 0.3 is 0 Å². The van der Waals surface area contributed by atoms with E-state index in [4.69, 9.17) is 10.2 Å². The first kappa shape index (κ1) is 15.4. The van der Waals surface area contributed by atoms with Crippen molar-refractivity contribution in [3.63, 3.8) is 0 Å². The molecule has 127 valence electrons. The van der Waals surface area contributed by atoms with E-state index in [1.54, 1.807) is 12.1 Å².